The summed E-state index contributed by atoms with van der Waals surface area (Å²) in [4.78, 5) is 23.4. The van der Waals surface area contributed by atoms with Crippen LogP contribution in [0.15, 0.2) is 30.6 Å². The number of carbonyl (C=O) groups excluding carboxylic acids is 1. The van der Waals surface area contributed by atoms with E-state index in [0.717, 1.165) is 42.7 Å². The van der Waals surface area contributed by atoms with Gasteiger partial charge in [0, 0.05) is 37.3 Å². The number of aryl methyl sites for hydroxylation is 1. The Bertz CT molecular complexity index is 1050. The van der Waals surface area contributed by atoms with Crippen LogP contribution < -0.4 is 15.5 Å². The van der Waals surface area contributed by atoms with Gasteiger partial charge in [-0.05, 0) is 38.0 Å². The van der Waals surface area contributed by atoms with Crippen molar-refractivity contribution in [3.05, 3.63) is 47.1 Å². The van der Waals surface area contributed by atoms with Crippen molar-refractivity contribution >= 4 is 34.5 Å². The quantitative estimate of drug-likeness (QED) is 0.606. The zero-order chi connectivity index (χ0) is 20.0. The number of pyridine rings is 1. The van der Waals surface area contributed by atoms with E-state index < -0.39 is 0 Å². The number of hydrogen-bond acceptors (Lipinski definition) is 6. The Hall–Kier alpha value is -2.71. The monoisotopic (exact) mass is 411 g/mol. The van der Waals surface area contributed by atoms with Crippen LogP contribution in [0.1, 0.15) is 29.0 Å². The van der Waals surface area contributed by atoms with Crippen molar-refractivity contribution in [2.24, 2.45) is 5.92 Å². The number of aromatic nitrogens is 4. The highest BCUT2D eigenvalue weighted by atomic mass is 35.5. The van der Waals surface area contributed by atoms with E-state index >= 15 is 0 Å². The highest BCUT2D eigenvalue weighted by Crippen LogP contribution is 2.24. The average Bonchev–Trinajstić information content (AvgIpc) is 3.41. The maximum absolute atomic E-state index is 12.5. The van der Waals surface area contributed by atoms with Gasteiger partial charge in [-0.25, -0.2) is 14.5 Å². The number of fused-ring (bicyclic) bond motifs is 1. The maximum atomic E-state index is 12.5. The molecule has 150 valence electrons. The van der Waals surface area contributed by atoms with Crippen molar-refractivity contribution in [1.29, 1.82) is 0 Å². The summed E-state index contributed by atoms with van der Waals surface area (Å²) in [5, 5.41) is 11.1. The Labute approximate surface area is 173 Å². The number of carbonyl (C=O) groups is 1. The SMILES string of the molecule is Cc1cc2cc(NC(=O)c3cnc(N4CC(CNC5CC5)C4)cn3)cc(Cl)n2n1. The van der Waals surface area contributed by atoms with Gasteiger partial charge in [-0.15, -0.1) is 0 Å². The van der Waals surface area contributed by atoms with Gasteiger partial charge in [0.25, 0.3) is 5.91 Å². The molecule has 0 aromatic carbocycles. The molecule has 0 bridgehead atoms. The minimum atomic E-state index is -0.323. The Balaban J connectivity index is 1.20. The molecule has 2 fully saturated rings. The molecule has 1 aliphatic carbocycles. The highest BCUT2D eigenvalue weighted by molar-refractivity contribution is 6.30. The molecule has 0 unspecified atom stereocenters. The molecule has 29 heavy (non-hydrogen) atoms. The number of anilines is 2. The minimum Gasteiger partial charge on any atom is -0.355 e. The van der Waals surface area contributed by atoms with Crippen LogP contribution in [0.4, 0.5) is 11.5 Å². The van der Waals surface area contributed by atoms with Gasteiger partial charge in [0.1, 0.15) is 16.7 Å². The van der Waals surface area contributed by atoms with Crippen LogP contribution in [0.2, 0.25) is 5.15 Å². The first kappa shape index (κ1) is 18.3. The molecule has 3 aromatic rings. The second-order valence-electron chi connectivity index (χ2n) is 7.86. The average molecular weight is 412 g/mol. The second kappa shape index (κ2) is 7.27. The largest absolute Gasteiger partial charge is 0.355 e. The van der Waals surface area contributed by atoms with Crippen molar-refractivity contribution in [2.75, 3.05) is 29.9 Å². The lowest BCUT2D eigenvalue weighted by Gasteiger charge is -2.40. The van der Waals surface area contributed by atoms with Gasteiger partial charge in [-0.1, -0.05) is 11.6 Å². The molecule has 1 amide bonds. The molecule has 1 aliphatic heterocycles. The molecule has 1 saturated heterocycles. The second-order valence-corrected chi connectivity index (χ2v) is 8.24. The Morgan fingerprint density at radius 2 is 2.03 bits per heavy atom. The van der Waals surface area contributed by atoms with Crippen molar-refractivity contribution < 1.29 is 4.79 Å². The zero-order valence-electron chi connectivity index (χ0n) is 16.1. The lowest BCUT2D eigenvalue weighted by atomic mass is 10.0. The van der Waals surface area contributed by atoms with E-state index in [2.05, 4.69) is 30.6 Å². The smallest absolute Gasteiger partial charge is 0.275 e. The predicted octanol–water partition coefficient (Wildman–Crippen LogP) is 2.53. The summed E-state index contributed by atoms with van der Waals surface area (Å²) in [6, 6.07) is 6.13. The van der Waals surface area contributed by atoms with Crippen LogP contribution in [-0.2, 0) is 0 Å². The number of nitrogens with one attached hydrogen (secondary N) is 2. The van der Waals surface area contributed by atoms with Gasteiger partial charge < -0.3 is 15.5 Å². The molecule has 3 aromatic heterocycles. The van der Waals surface area contributed by atoms with Gasteiger partial charge in [0.05, 0.1) is 23.6 Å². The van der Waals surface area contributed by atoms with Crippen LogP contribution >= 0.6 is 11.6 Å². The molecule has 1 saturated carbocycles. The first-order chi connectivity index (χ1) is 14.0. The van der Waals surface area contributed by atoms with E-state index in [0.29, 0.717) is 16.8 Å². The Kier molecular flexibility index (Phi) is 4.60. The number of halogens is 1. The summed E-state index contributed by atoms with van der Waals surface area (Å²) < 4.78 is 1.63. The normalized spacial score (nSPS) is 16.8. The van der Waals surface area contributed by atoms with Crippen LogP contribution in [0.5, 0.6) is 0 Å². The van der Waals surface area contributed by atoms with Crippen molar-refractivity contribution in [2.45, 2.75) is 25.8 Å². The van der Waals surface area contributed by atoms with Gasteiger partial charge in [-0.3, -0.25) is 4.79 Å². The van der Waals surface area contributed by atoms with Crippen LogP contribution in [0.3, 0.4) is 0 Å². The molecule has 0 atom stereocenters. The van der Waals surface area contributed by atoms with Gasteiger partial charge in [0.2, 0.25) is 0 Å². The topological polar surface area (TPSA) is 87.5 Å². The van der Waals surface area contributed by atoms with Gasteiger partial charge >= 0.3 is 0 Å². The third-order valence-corrected chi connectivity index (χ3v) is 5.59. The summed E-state index contributed by atoms with van der Waals surface area (Å²) in [5.41, 5.74) is 2.53. The summed E-state index contributed by atoms with van der Waals surface area (Å²) >= 11 is 6.25. The first-order valence-corrected chi connectivity index (χ1v) is 10.2. The predicted molar refractivity (Wildman–Crippen MR) is 112 cm³/mol. The van der Waals surface area contributed by atoms with E-state index in [1.54, 1.807) is 16.8 Å². The Morgan fingerprint density at radius 3 is 2.76 bits per heavy atom. The highest BCUT2D eigenvalue weighted by Gasteiger charge is 2.30. The summed E-state index contributed by atoms with van der Waals surface area (Å²) in [5.74, 6) is 1.14. The third kappa shape index (κ3) is 3.90. The maximum Gasteiger partial charge on any atom is 0.275 e. The molecule has 0 spiro atoms. The summed E-state index contributed by atoms with van der Waals surface area (Å²) in [6.45, 7) is 4.91. The first-order valence-electron chi connectivity index (χ1n) is 9.83. The lowest BCUT2D eigenvalue weighted by Crippen LogP contribution is -2.51. The van der Waals surface area contributed by atoms with E-state index in [1.807, 2.05) is 19.1 Å². The lowest BCUT2D eigenvalue weighted by molar-refractivity contribution is 0.102. The fourth-order valence-electron chi connectivity index (χ4n) is 3.56. The molecular weight excluding hydrogens is 390 g/mol. The van der Waals surface area contributed by atoms with Gasteiger partial charge in [-0.2, -0.15) is 5.10 Å². The summed E-state index contributed by atoms with van der Waals surface area (Å²) in [6.07, 6.45) is 5.81. The molecule has 2 aliphatic rings. The molecule has 9 heteroatoms. The fraction of sp³-hybridized carbons (Fsp3) is 0.400. The zero-order valence-corrected chi connectivity index (χ0v) is 16.9. The fourth-order valence-corrected chi connectivity index (χ4v) is 3.81. The number of nitrogens with zero attached hydrogens (tertiary/aromatic N) is 5. The van der Waals surface area contributed by atoms with Crippen molar-refractivity contribution in [1.82, 2.24) is 24.9 Å². The van der Waals surface area contributed by atoms with E-state index in [-0.39, 0.29) is 11.6 Å². The van der Waals surface area contributed by atoms with Gasteiger partial charge in [0.15, 0.2) is 0 Å². The number of rotatable bonds is 6. The molecule has 8 nitrogen and oxygen atoms in total. The minimum absolute atomic E-state index is 0.266. The molecule has 4 heterocycles. The van der Waals surface area contributed by atoms with Crippen LogP contribution in [0, 0.1) is 12.8 Å². The number of amides is 1. The third-order valence-electron chi connectivity index (χ3n) is 5.32. The molecule has 5 rings (SSSR count). The molecular formula is C20H22ClN7O. The molecule has 2 N–H and O–H groups in total. The molecule has 0 radical (unpaired) electrons. The van der Waals surface area contributed by atoms with Crippen LogP contribution in [-0.4, -0.2) is 51.2 Å². The van der Waals surface area contributed by atoms with Crippen molar-refractivity contribution in [3.63, 3.8) is 0 Å². The standard InChI is InChI=1S/C20H22ClN7O/c1-12-4-16-5-15(6-18(21)28(16)26-12)25-20(29)17-8-24-19(9-23-17)27-10-13(11-27)7-22-14-2-3-14/h4-6,8-9,13-14,22H,2-3,7,10-11H2,1H3,(H,25,29). The van der Waals surface area contributed by atoms with E-state index in [9.17, 15) is 4.79 Å². The van der Waals surface area contributed by atoms with Crippen molar-refractivity contribution in [3.8, 4) is 0 Å². The summed E-state index contributed by atoms with van der Waals surface area (Å²) in [7, 11) is 0. The number of hydrogen-bond donors (Lipinski definition) is 2. The Morgan fingerprint density at radius 1 is 1.21 bits per heavy atom. The van der Waals surface area contributed by atoms with E-state index in [4.69, 9.17) is 11.6 Å². The van der Waals surface area contributed by atoms with E-state index in [1.165, 1.54) is 19.0 Å². The van der Waals surface area contributed by atoms with Crippen LogP contribution in [0.25, 0.3) is 5.52 Å².